The van der Waals surface area contributed by atoms with Gasteiger partial charge in [-0.3, -0.25) is 0 Å². The number of aromatic hydroxyl groups is 1. The van der Waals surface area contributed by atoms with Gasteiger partial charge < -0.3 is 5.11 Å². The molecule has 2 heteroatoms. The standard InChI is InChI=1S/C28H32OS/c1-26(2,3)22-17-23-21(24(25(22)29)27(4,5)6)18-28(30-23,19-13-9-7-10-14-19)20-15-11-8-12-16-20/h7-17,29H,18H2,1-6H3. The Hall–Kier alpha value is -2.19. The lowest BCUT2D eigenvalue weighted by Crippen LogP contribution is -2.24. The molecule has 1 N–H and O–H groups in total. The van der Waals surface area contributed by atoms with Crippen molar-refractivity contribution in [2.24, 2.45) is 0 Å². The molecule has 0 saturated carbocycles. The highest BCUT2D eigenvalue weighted by molar-refractivity contribution is 8.00. The van der Waals surface area contributed by atoms with Gasteiger partial charge in [-0.1, -0.05) is 102 Å². The first kappa shape index (κ1) is 21.1. The van der Waals surface area contributed by atoms with E-state index in [0.717, 1.165) is 17.5 Å². The van der Waals surface area contributed by atoms with Crippen LogP contribution in [0.5, 0.6) is 5.75 Å². The summed E-state index contributed by atoms with van der Waals surface area (Å²) in [4.78, 5) is 1.30. The Morgan fingerprint density at radius 3 is 1.70 bits per heavy atom. The molecule has 0 fully saturated rings. The van der Waals surface area contributed by atoms with E-state index < -0.39 is 0 Å². The molecule has 0 saturated heterocycles. The Morgan fingerprint density at radius 2 is 1.27 bits per heavy atom. The minimum atomic E-state index is -0.187. The third kappa shape index (κ3) is 3.46. The molecule has 30 heavy (non-hydrogen) atoms. The largest absolute Gasteiger partial charge is 0.507 e. The van der Waals surface area contributed by atoms with Crippen molar-refractivity contribution < 1.29 is 5.11 Å². The van der Waals surface area contributed by atoms with Gasteiger partial charge in [-0.25, -0.2) is 0 Å². The molecule has 3 aromatic carbocycles. The average molecular weight is 417 g/mol. The van der Waals surface area contributed by atoms with Crippen LogP contribution in [0, 0.1) is 0 Å². The molecule has 0 atom stereocenters. The Labute approximate surface area is 185 Å². The van der Waals surface area contributed by atoms with Crippen LogP contribution in [0.15, 0.2) is 71.6 Å². The van der Waals surface area contributed by atoms with Crippen molar-refractivity contribution >= 4 is 11.8 Å². The van der Waals surface area contributed by atoms with Gasteiger partial charge in [0.15, 0.2) is 0 Å². The SMILES string of the molecule is CC(C)(C)c1cc2c(c(C(C)(C)C)c1O)CC(c1ccccc1)(c1ccccc1)S2. The van der Waals surface area contributed by atoms with Gasteiger partial charge in [-0.05, 0) is 40.0 Å². The van der Waals surface area contributed by atoms with Crippen LogP contribution in [-0.4, -0.2) is 5.11 Å². The van der Waals surface area contributed by atoms with E-state index >= 15 is 0 Å². The average Bonchev–Trinajstić information content (AvgIpc) is 3.07. The van der Waals surface area contributed by atoms with Crippen LogP contribution in [0.1, 0.15) is 69.4 Å². The van der Waals surface area contributed by atoms with E-state index in [1.807, 2.05) is 11.8 Å². The topological polar surface area (TPSA) is 20.2 Å². The lowest BCUT2D eigenvalue weighted by atomic mass is 9.74. The van der Waals surface area contributed by atoms with Crippen molar-refractivity contribution in [3.05, 3.63) is 94.5 Å². The van der Waals surface area contributed by atoms with Crippen LogP contribution >= 0.6 is 11.8 Å². The van der Waals surface area contributed by atoms with Crippen molar-refractivity contribution in [2.75, 3.05) is 0 Å². The molecule has 0 spiro atoms. The number of hydrogen-bond acceptors (Lipinski definition) is 2. The van der Waals surface area contributed by atoms with Crippen molar-refractivity contribution in [3.63, 3.8) is 0 Å². The molecule has 0 bridgehead atoms. The maximum absolute atomic E-state index is 11.4. The van der Waals surface area contributed by atoms with Gasteiger partial charge in [-0.15, -0.1) is 11.8 Å². The highest BCUT2D eigenvalue weighted by Crippen LogP contribution is 2.59. The summed E-state index contributed by atoms with van der Waals surface area (Å²) in [6.07, 6.45) is 0.881. The molecule has 156 valence electrons. The first-order valence-electron chi connectivity index (χ1n) is 10.7. The third-order valence-electron chi connectivity index (χ3n) is 6.11. The van der Waals surface area contributed by atoms with Crippen LogP contribution < -0.4 is 0 Å². The fraction of sp³-hybridized carbons (Fsp3) is 0.357. The summed E-state index contributed by atoms with van der Waals surface area (Å²) < 4.78 is -0.187. The molecule has 0 amide bonds. The highest BCUT2D eigenvalue weighted by atomic mass is 32.2. The van der Waals surface area contributed by atoms with E-state index in [1.54, 1.807) is 0 Å². The first-order valence-corrected chi connectivity index (χ1v) is 11.6. The van der Waals surface area contributed by atoms with Gasteiger partial charge in [-0.2, -0.15) is 0 Å². The van der Waals surface area contributed by atoms with Gasteiger partial charge in [0.2, 0.25) is 0 Å². The number of hydrogen-bond donors (Lipinski definition) is 1. The third-order valence-corrected chi connectivity index (χ3v) is 7.66. The second-order valence-corrected chi connectivity index (χ2v) is 11.8. The lowest BCUT2D eigenvalue weighted by Gasteiger charge is -2.31. The zero-order chi connectivity index (χ0) is 21.7. The zero-order valence-corrected chi connectivity index (χ0v) is 19.7. The maximum atomic E-state index is 11.4. The molecule has 1 nitrogen and oxygen atoms in total. The quantitative estimate of drug-likeness (QED) is 0.464. The predicted octanol–water partition coefficient (Wildman–Crippen LogP) is 7.58. The maximum Gasteiger partial charge on any atom is 0.123 e. The Balaban J connectivity index is 2.00. The summed E-state index contributed by atoms with van der Waals surface area (Å²) >= 11 is 1.95. The van der Waals surface area contributed by atoms with E-state index in [4.69, 9.17) is 0 Å². The van der Waals surface area contributed by atoms with E-state index in [9.17, 15) is 5.11 Å². The van der Waals surface area contributed by atoms with E-state index in [-0.39, 0.29) is 15.6 Å². The minimum absolute atomic E-state index is 0.121. The summed E-state index contributed by atoms with van der Waals surface area (Å²) in [7, 11) is 0. The van der Waals surface area contributed by atoms with Crippen molar-refractivity contribution in [2.45, 2.75) is 68.4 Å². The molecule has 0 radical (unpaired) electrons. The summed E-state index contributed by atoms with van der Waals surface area (Å²) in [5, 5.41) is 11.4. The monoisotopic (exact) mass is 416 g/mol. The van der Waals surface area contributed by atoms with Crippen LogP contribution in [0.25, 0.3) is 0 Å². The van der Waals surface area contributed by atoms with Crippen LogP contribution in [0.3, 0.4) is 0 Å². The fourth-order valence-corrected chi connectivity index (χ4v) is 6.28. The molecule has 1 aliphatic rings. The molecule has 0 unspecified atom stereocenters. The minimum Gasteiger partial charge on any atom is -0.507 e. The number of phenolic OH excluding ortho intramolecular Hbond substituents is 1. The number of phenols is 1. The van der Waals surface area contributed by atoms with Gasteiger partial charge in [0.1, 0.15) is 5.75 Å². The van der Waals surface area contributed by atoms with Gasteiger partial charge in [0.25, 0.3) is 0 Å². The van der Waals surface area contributed by atoms with Gasteiger partial charge in [0, 0.05) is 16.0 Å². The predicted molar refractivity (Wildman–Crippen MR) is 129 cm³/mol. The molecular formula is C28H32OS. The Bertz CT molecular complexity index is 1010. The molecular weight excluding hydrogens is 384 g/mol. The molecule has 3 aromatic rings. The smallest absolute Gasteiger partial charge is 0.123 e. The fourth-order valence-electron chi connectivity index (χ4n) is 4.71. The van der Waals surface area contributed by atoms with E-state index in [1.165, 1.54) is 21.6 Å². The number of fused-ring (bicyclic) bond motifs is 1. The molecule has 4 rings (SSSR count). The first-order chi connectivity index (χ1) is 14.0. The van der Waals surface area contributed by atoms with Gasteiger partial charge in [0.05, 0.1) is 4.75 Å². The van der Waals surface area contributed by atoms with E-state index in [0.29, 0.717) is 5.75 Å². The highest BCUT2D eigenvalue weighted by Gasteiger charge is 2.45. The summed E-state index contributed by atoms with van der Waals surface area (Å²) in [5.74, 6) is 0.478. The van der Waals surface area contributed by atoms with E-state index in [2.05, 4.69) is 108 Å². The number of benzene rings is 3. The zero-order valence-electron chi connectivity index (χ0n) is 18.9. The normalized spacial score (nSPS) is 15.8. The molecule has 0 aromatic heterocycles. The van der Waals surface area contributed by atoms with Crippen LogP contribution in [-0.2, 0) is 22.0 Å². The molecule has 1 heterocycles. The molecule has 0 aliphatic carbocycles. The number of rotatable bonds is 2. The lowest BCUT2D eigenvalue weighted by molar-refractivity contribution is 0.419. The van der Waals surface area contributed by atoms with Crippen molar-refractivity contribution in [1.82, 2.24) is 0 Å². The van der Waals surface area contributed by atoms with Crippen LogP contribution in [0.2, 0.25) is 0 Å². The van der Waals surface area contributed by atoms with Crippen LogP contribution in [0.4, 0.5) is 0 Å². The summed E-state index contributed by atoms with van der Waals surface area (Å²) in [6, 6.07) is 23.9. The van der Waals surface area contributed by atoms with Crippen molar-refractivity contribution in [3.8, 4) is 5.75 Å². The number of thioether (sulfide) groups is 1. The van der Waals surface area contributed by atoms with Gasteiger partial charge >= 0.3 is 0 Å². The Kier molecular flexibility index (Phi) is 5.05. The van der Waals surface area contributed by atoms with Crippen molar-refractivity contribution in [1.29, 1.82) is 0 Å². The Morgan fingerprint density at radius 1 is 0.767 bits per heavy atom. The second kappa shape index (κ2) is 7.20. The summed E-state index contributed by atoms with van der Waals surface area (Å²) in [6.45, 7) is 13.2. The second-order valence-electron chi connectivity index (χ2n) is 10.5. The summed E-state index contributed by atoms with van der Waals surface area (Å²) in [5.41, 5.74) is 5.81. The molecule has 1 aliphatic heterocycles.